The highest BCUT2D eigenvalue weighted by atomic mass is 16.5. The van der Waals surface area contributed by atoms with Crippen LogP contribution < -0.4 is 5.32 Å². The summed E-state index contributed by atoms with van der Waals surface area (Å²) in [7, 11) is 0. The Morgan fingerprint density at radius 2 is 2.23 bits per heavy atom. The molecule has 1 heterocycles. The zero-order valence-corrected chi connectivity index (χ0v) is 8.81. The molecule has 2 fully saturated rings. The van der Waals surface area contributed by atoms with E-state index >= 15 is 0 Å². The molecule has 0 amide bonds. The van der Waals surface area contributed by atoms with Gasteiger partial charge in [-0.15, -0.1) is 0 Å². The molecule has 2 atom stereocenters. The monoisotopic (exact) mass is 183 g/mol. The van der Waals surface area contributed by atoms with E-state index in [1.54, 1.807) is 0 Å². The van der Waals surface area contributed by atoms with Crippen molar-refractivity contribution in [2.75, 3.05) is 19.8 Å². The normalized spacial score (nSPS) is 37.4. The van der Waals surface area contributed by atoms with Crippen LogP contribution in [0.1, 0.15) is 33.1 Å². The van der Waals surface area contributed by atoms with Crippen LogP contribution in [-0.2, 0) is 4.74 Å². The van der Waals surface area contributed by atoms with Gasteiger partial charge in [-0.1, -0.05) is 13.8 Å². The van der Waals surface area contributed by atoms with Crippen molar-refractivity contribution in [2.45, 2.75) is 39.2 Å². The first-order valence-corrected chi connectivity index (χ1v) is 5.49. The summed E-state index contributed by atoms with van der Waals surface area (Å²) in [6.45, 7) is 7.78. The molecule has 1 aliphatic carbocycles. The van der Waals surface area contributed by atoms with Gasteiger partial charge in [-0.25, -0.2) is 0 Å². The van der Waals surface area contributed by atoms with Gasteiger partial charge in [0.1, 0.15) is 0 Å². The summed E-state index contributed by atoms with van der Waals surface area (Å²) in [6, 6.07) is 0.773. The molecule has 13 heavy (non-hydrogen) atoms. The maximum atomic E-state index is 5.45. The number of ether oxygens (including phenoxy) is 1. The van der Waals surface area contributed by atoms with Crippen LogP contribution in [0.15, 0.2) is 0 Å². The van der Waals surface area contributed by atoms with Crippen molar-refractivity contribution in [3.63, 3.8) is 0 Å². The molecule has 76 valence electrons. The number of rotatable bonds is 3. The third-order valence-electron chi connectivity index (χ3n) is 3.42. The second kappa shape index (κ2) is 3.58. The van der Waals surface area contributed by atoms with Crippen molar-refractivity contribution in [1.29, 1.82) is 0 Å². The quantitative estimate of drug-likeness (QED) is 0.720. The molecule has 1 saturated carbocycles. The average Bonchev–Trinajstić information content (AvgIpc) is 2.73. The van der Waals surface area contributed by atoms with Crippen LogP contribution >= 0.6 is 0 Å². The van der Waals surface area contributed by atoms with Gasteiger partial charge in [-0.3, -0.25) is 0 Å². The number of hydrogen-bond donors (Lipinski definition) is 1. The zero-order chi connectivity index (χ0) is 9.31. The summed E-state index contributed by atoms with van der Waals surface area (Å²) in [5.41, 5.74) is 0.565. The molecule has 1 saturated heterocycles. The molecular weight excluding hydrogens is 162 g/mol. The van der Waals surface area contributed by atoms with Crippen molar-refractivity contribution in [1.82, 2.24) is 5.32 Å². The molecule has 0 bridgehead atoms. The Labute approximate surface area is 81.0 Å². The van der Waals surface area contributed by atoms with E-state index < -0.39 is 0 Å². The van der Waals surface area contributed by atoms with Gasteiger partial charge >= 0.3 is 0 Å². The van der Waals surface area contributed by atoms with Crippen LogP contribution in [0.4, 0.5) is 0 Å². The summed E-state index contributed by atoms with van der Waals surface area (Å²) in [4.78, 5) is 0. The van der Waals surface area contributed by atoms with Gasteiger partial charge in [0.25, 0.3) is 0 Å². The molecule has 0 radical (unpaired) electrons. The molecule has 1 aliphatic heterocycles. The smallest absolute Gasteiger partial charge is 0.0506 e. The van der Waals surface area contributed by atoms with Gasteiger partial charge in [0.2, 0.25) is 0 Å². The largest absolute Gasteiger partial charge is 0.381 e. The fourth-order valence-corrected chi connectivity index (χ4v) is 2.09. The Kier molecular flexibility index (Phi) is 2.61. The predicted molar refractivity (Wildman–Crippen MR) is 53.7 cm³/mol. The Hall–Kier alpha value is -0.0800. The fraction of sp³-hybridized carbons (Fsp3) is 1.00. The summed E-state index contributed by atoms with van der Waals surface area (Å²) >= 11 is 0. The van der Waals surface area contributed by atoms with Crippen LogP contribution in [0.3, 0.4) is 0 Å². The van der Waals surface area contributed by atoms with Gasteiger partial charge in [0.15, 0.2) is 0 Å². The minimum atomic E-state index is 0.565. The predicted octanol–water partition coefficient (Wildman–Crippen LogP) is 1.80. The maximum absolute atomic E-state index is 5.45. The first-order valence-electron chi connectivity index (χ1n) is 5.49. The third-order valence-corrected chi connectivity index (χ3v) is 3.42. The zero-order valence-electron chi connectivity index (χ0n) is 8.81. The van der Waals surface area contributed by atoms with Gasteiger partial charge < -0.3 is 10.1 Å². The van der Waals surface area contributed by atoms with E-state index in [9.17, 15) is 0 Å². The first-order chi connectivity index (χ1) is 6.18. The Balaban J connectivity index is 1.62. The summed E-state index contributed by atoms with van der Waals surface area (Å²) < 4.78 is 5.45. The third kappa shape index (κ3) is 2.44. The molecule has 0 aromatic carbocycles. The van der Waals surface area contributed by atoms with Crippen LogP contribution in [0, 0.1) is 11.3 Å². The molecule has 0 spiro atoms. The van der Waals surface area contributed by atoms with E-state index in [1.807, 2.05) is 0 Å². The van der Waals surface area contributed by atoms with Gasteiger partial charge in [0, 0.05) is 19.2 Å². The molecule has 2 aliphatic rings. The minimum absolute atomic E-state index is 0.565. The number of hydrogen-bond acceptors (Lipinski definition) is 2. The second-order valence-electron chi connectivity index (χ2n) is 5.24. The second-order valence-corrected chi connectivity index (χ2v) is 5.24. The number of nitrogens with one attached hydrogen (secondary N) is 1. The highest BCUT2D eigenvalue weighted by Crippen LogP contribution is 2.44. The molecule has 2 heteroatoms. The molecule has 2 rings (SSSR count). The lowest BCUT2D eigenvalue weighted by Gasteiger charge is -2.22. The topological polar surface area (TPSA) is 21.3 Å². The summed E-state index contributed by atoms with van der Waals surface area (Å²) in [6.07, 6.45) is 3.95. The van der Waals surface area contributed by atoms with E-state index in [0.29, 0.717) is 5.41 Å². The summed E-state index contributed by atoms with van der Waals surface area (Å²) in [5, 5.41) is 3.64. The van der Waals surface area contributed by atoms with E-state index in [2.05, 4.69) is 19.2 Å². The van der Waals surface area contributed by atoms with Gasteiger partial charge in [-0.05, 0) is 30.6 Å². The molecular formula is C11H21NO. The van der Waals surface area contributed by atoms with Crippen molar-refractivity contribution in [2.24, 2.45) is 11.3 Å². The Morgan fingerprint density at radius 1 is 1.46 bits per heavy atom. The highest BCUT2D eigenvalue weighted by Gasteiger charge is 2.45. The lowest BCUT2D eigenvalue weighted by atomic mass is 10.0. The Morgan fingerprint density at radius 3 is 2.77 bits per heavy atom. The lowest BCUT2D eigenvalue weighted by Crippen LogP contribution is -2.31. The van der Waals surface area contributed by atoms with Crippen LogP contribution in [0.25, 0.3) is 0 Å². The minimum Gasteiger partial charge on any atom is -0.381 e. The molecule has 0 aromatic heterocycles. The SMILES string of the molecule is CC1(C)CC1NCC1CCCOC1. The van der Waals surface area contributed by atoms with Crippen LogP contribution in [-0.4, -0.2) is 25.8 Å². The standard InChI is InChI=1S/C11H21NO/c1-11(2)6-10(11)12-7-9-4-3-5-13-8-9/h9-10,12H,3-8H2,1-2H3. The van der Waals surface area contributed by atoms with Crippen molar-refractivity contribution >= 4 is 0 Å². The van der Waals surface area contributed by atoms with Gasteiger partial charge in [-0.2, -0.15) is 0 Å². The van der Waals surface area contributed by atoms with Crippen LogP contribution in [0.5, 0.6) is 0 Å². The van der Waals surface area contributed by atoms with E-state index in [4.69, 9.17) is 4.74 Å². The molecule has 0 aromatic rings. The van der Waals surface area contributed by atoms with Gasteiger partial charge in [0.05, 0.1) is 6.61 Å². The first kappa shape index (κ1) is 9.47. The average molecular weight is 183 g/mol. The Bertz CT molecular complexity index is 173. The van der Waals surface area contributed by atoms with Crippen molar-refractivity contribution in [3.05, 3.63) is 0 Å². The van der Waals surface area contributed by atoms with E-state index in [1.165, 1.54) is 19.3 Å². The van der Waals surface area contributed by atoms with Crippen molar-refractivity contribution < 1.29 is 4.74 Å². The molecule has 2 nitrogen and oxygen atoms in total. The lowest BCUT2D eigenvalue weighted by molar-refractivity contribution is 0.0544. The molecule has 2 unspecified atom stereocenters. The summed E-state index contributed by atoms with van der Waals surface area (Å²) in [5.74, 6) is 0.769. The van der Waals surface area contributed by atoms with Crippen LogP contribution in [0.2, 0.25) is 0 Å². The highest BCUT2D eigenvalue weighted by molar-refractivity contribution is 5.01. The maximum Gasteiger partial charge on any atom is 0.0506 e. The van der Waals surface area contributed by atoms with E-state index in [0.717, 1.165) is 31.7 Å². The fourth-order valence-electron chi connectivity index (χ4n) is 2.09. The van der Waals surface area contributed by atoms with Crippen molar-refractivity contribution in [3.8, 4) is 0 Å². The van der Waals surface area contributed by atoms with E-state index in [-0.39, 0.29) is 0 Å². The molecule has 1 N–H and O–H groups in total.